The molecule has 0 heterocycles. The molecule has 0 aromatic carbocycles. The van der Waals surface area contributed by atoms with E-state index in [0.717, 1.165) is 0 Å². The molecule has 0 bridgehead atoms. The van der Waals surface area contributed by atoms with Crippen LogP contribution in [0.15, 0.2) is 0 Å². The van der Waals surface area contributed by atoms with Crippen molar-refractivity contribution in [3.63, 3.8) is 0 Å². The molecule has 2 amide bonds. The minimum Gasteiger partial charge on any atom is -0.357 e. The van der Waals surface area contributed by atoms with Gasteiger partial charge in [-0.05, 0) is 13.8 Å². The largest absolute Gasteiger partial charge is 0.357 e. The van der Waals surface area contributed by atoms with E-state index in [1.165, 1.54) is 0 Å². The summed E-state index contributed by atoms with van der Waals surface area (Å²) in [7, 11) is -1.73. The molecular weight excluding hydrogens is 208 g/mol. The Balaban J connectivity index is 4.05. The average molecular weight is 230 g/mol. The lowest BCUT2D eigenvalue weighted by atomic mass is 10.6. The molecule has 0 unspecified atom stereocenters. The lowest BCUT2D eigenvalue weighted by molar-refractivity contribution is -0.119. The molecule has 0 aromatic heterocycles. The van der Waals surface area contributed by atoms with Crippen LogP contribution in [0.4, 0.5) is 0 Å². The molecule has 0 saturated heterocycles. The van der Waals surface area contributed by atoms with E-state index in [0.29, 0.717) is 25.2 Å². The Morgan fingerprint density at radius 2 is 1.27 bits per heavy atom. The lowest BCUT2D eigenvalue weighted by Gasteiger charge is -2.20. The molecule has 0 aliphatic rings. The maximum absolute atomic E-state index is 11.4. The van der Waals surface area contributed by atoms with Gasteiger partial charge in [-0.3, -0.25) is 9.59 Å². The number of nitrogens with one attached hydrogen (secondary N) is 2. The Kier molecular flexibility index (Phi) is 6.23. The second-order valence-electron chi connectivity index (χ2n) is 4.42. The van der Waals surface area contributed by atoms with Crippen molar-refractivity contribution in [1.82, 2.24) is 10.6 Å². The molecule has 0 rings (SSSR count). The lowest BCUT2D eigenvalue weighted by Crippen LogP contribution is -2.39. The van der Waals surface area contributed by atoms with Crippen LogP contribution in [0.1, 0.15) is 13.8 Å². The second-order valence-corrected chi connectivity index (χ2v) is 9.46. The van der Waals surface area contributed by atoms with Crippen molar-refractivity contribution >= 4 is 19.9 Å². The molecule has 0 radical (unpaired) electrons. The Hall–Kier alpha value is -0.843. The molecule has 88 valence electrons. The van der Waals surface area contributed by atoms with Crippen molar-refractivity contribution in [1.29, 1.82) is 0 Å². The highest BCUT2D eigenvalue weighted by atomic mass is 28.3. The summed E-state index contributed by atoms with van der Waals surface area (Å²) in [6.45, 7) is 9.25. The van der Waals surface area contributed by atoms with Crippen LogP contribution in [0.5, 0.6) is 0 Å². The zero-order valence-corrected chi connectivity index (χ0v) is 11.1. The summed E-state index contributed by atoms with van der Waals surface area (Å²) in [5.41, 5.74) is 0. The zero-order chi connectivity index (χ0) is 11.9. The van der Waals surface area contributed by atoms with E-state index in [2.05, 4.69) is 23.7 Å². The maximum atomic E-state index is 11.4. The molecule has 0 spiro atoms. The standard InChI is InChI=1S/C10H22N2O2Si/c1-5-11-9(13)7-15(3,4)8-10(14)12-6-2/h5-8H2,1-4H3,(H,11,13)(H,12,14). The summed E-state index contributed by atoms with van der Waals surface area (Å²) in [5.74, 6) is 0.136. The molecule has 0 aliphatic heterocycles. The Bertz CT molecular complexity index is 207. The summed E-state index contributed by atoms with van der Waals surface area (Å²) in [5, 5.41) is 5.54. The van der Waals surface area contributed by atoms with Crippen LogP contribution in [-0.4, -0.2) is 33.0 Å². The quantitative estimate of drug-likeness (QED) is 0.668. The van der Waals surface area contributed by atoms with Crippen LogP contribution in [-0.2, 0) is 9.59 Å². The van der Waals surface area contributed by atoms with E-state index in [9.17, 15) is 9.59 Å². The highest BCUT2D eigenvalue weighted by Gasteiger charge is 2.27. The first kappa shape index (κ1) is 14.2. The fraction of sp³-hybridized carbons (Fsp3) is 0.800. The Morgan fingerprint density at radius 1 is 0.933 bits per heavy atom. The normalized spacial score (nSPS) is 10.9. The Labute approximate surface area is 92.8 Å². The van der Waals surface area contributed by atoms with Gasteiger partial charge in [-0.25, -0.2) is 0 Å². The fourth-order valence-electron chi connectivity index (χ4n) is 1.45. The predicted octanol–water partition coefficient (Wildman–Crippen LogP) is 0.967. The number of carbonyl (C=O) groups is 2. The van der Waals surface area contributed by atoms with Gasteiger partial charge in [-0.2, -0.15) is 0 Å². The smallest absolute Gasteiger partial charge is 0.217 e. The summed E-state index contributed by atoms with van der Waals surface area (Å²) in [6.07, 6.45) is 0. The summed E-state index contributed by atoms with van der Waals surface area (Å²) in [4.78, 5) is 22.8. The highest BCUT2D eigenvalue weighted by Crippen LogP contribution is 2.14. The van der Waals surface area contributed by atoms with E-state index in [-0.39, 0.29) is 11.8 Å². The topological polar surface area (TPSA) is 58.2 Å². The van der Waals surface area contributed by atoms with Crippen LogP contribution in [0, 0.1) is 0 Å². The maximum Gasteiger partial charge on any atom is 0.217 e. The van der Waals surface area contributed by atoms with E-state index < -0.39 is 8.07 Å². The highest BCUT2D eigenvalue weighted by molar-refractivity contribution is 6.82. The van der Waals surface area contributed by atoms with Gasteiger partial charge in [0.2, 0.25) is 11.8 Å². The molecular formula is C10H22N2O2Si. The monoisotopic (exact) mass is 230 g/mol. The van der Waals surface area contributed by atoms with Gasteiger partial charge in [0.15, 0.2) is 0 Å². The zero-order valence-electron chi connectivity index (χ0n) is 10.1. The number of amides is 2. The van der Waals surface area contributed by atoms with Crippen LogP contribution in [0.3, 0.4) is 0 Å². The van der Waals surface area contributed by atoms with E-state index >= 15 is 0 Å². The second kappa shape index (κ2) is 6.61. The van der Waals surface area contributed by atoms with Gasteiger partial charge in [0.25, 0.3) is 0 Å². The molecule has 0 aromatic rings. The average Bonchev–Trinajstić information content (AvgIpc) is 2.01. The van der Waals surface area contributed by atoms with E-state index in [1.807, 2.05) is 13.8 Å². The van der Waals surface area contributed by atoms with Crippen molar-refractivity contribution in [2.75, 3.05) is 13.1 Å². The molecule has 0 saturated carbocycles. The molecule has 4 nitrogen and oxygen atoms in total. The molecule has 5 heteroatoms. The first-order valence-electron chi connectivity index (χ1n) is 5.44. The van der Waals surface area contributed by atoms with Gasteiger partial charge in [0.05, 0.1) is 8.07 Å². The number of hydrogen-bond acceptors (Lipinski definition) is 2. The van der Waals surface area contributed by atoms with Gasteiger partial charge in [-0.1, -0.05) is 13.1 Å². The number of rotatable bonds is 6. The number of carbonyl (C=O) groups excluding carboxylic acids is 2. The molecule has 0 aliphatic carbocycles. The van der Waals surface area contributed by atoms with Gasteiger partial charge < -0.3 is 10.6 Å². The third kappa shape index (κ3) is 7.13. The third-order valence-electron chi connectivity index (χ3n) is 2.03. The fourth-order valence-corrected chi connectivity index (χ4v) is 3.56. The van der Waals surface area contributed by atoms with Gasteiger partial charge >= 0.3 is 0 Å². The number of hydrogen-bond donors (Lipinski definition) is 2. The van der Waals surface area contributed by atoms with Crippen molar-refractivity contribution in [2.45, 2.75) is 39.0 Å². The van der Waals surface area contributed by atoms with E-state index in [1.54, 1.807) is 0 Å². The SMILES string of the molecule is CCNC(=O)C[Si](C)(C)CC(=O)NCC. The summed E-state index contributed by atoms with van der Waals surface area (Å²) >= 11 is 0. The molecule has 2 N–H and O–H groups in total. The minimum atomic E-state index is -1.73. The van der Waals surface area contributed by atoms with E-state index in [4.69, 9.17) is 0 Å². The first-order valence-corrected chi connectivity index (χ1v) is 8.86. The summed E-state index contributed by atoms with van der Waals surface area (Å²) in [6, 6.07) is 1.05. The van der Waals surface area contributed by atoms with Crippen LogP contribution >= 0.6 is 0 Å². The molecule has 15 heavy (non-hydrogen) atoms. The van der Waals surface area contributed by atoms with Gasteiger partial charge in [-0.15, -0.1) is 0 Å². The molecule has 0 fully saturated rings. The van der Waals surface area contributed by atoms with Crippen LogP contribution in [0.2, 0.25) is 25.2 Å². The summed E-state index contributed by atoms with van der Waals surface area (Å²) < 4.78 is 0. The van der Waals surface area contributed by atoms with Gasteiger partial charge in [0, 0.05) is 25.2 Å². The van der Waals surface area contributed by atoms with Crippen molar-refractivity contribution in [3.8, 4) is 0 Å². The Morgan fingerprint density at radius 3 is 1.53 bits per heavy atom. The third-order valence-corrected chi connectivity index (χ3v) is 4.58. The first-order chi connectivity index (χ1) is 6.91. The van der Waals surface area contributed by atoms with Gasteiger partial charge in [0.1, 0.15) is 0 Å². The van der Waals surface area contributed by atoms with Crippen LogP contribution < -0.4 is 10.6 Å². The minimum absolute atomic E-state index is 0.0680. The molecule has 0 atom stereocenters. The van der Waals surface area contributed by atoms with Crippen molar-refractivity contribution in [3.05, 3.63) is 0 Å². The van der Waals surface area contributed by atoms with Crippen LogP contribution in [0.25, 0.3) is 0 Å². The van der Waals surface area contributed by atoms with Crippen molar-refractivity contribution < 1.29 is 9.59 Å². The predicted molar refractivity (Wildman–Crippen MR) is 64.5 cm³/mol. The van der Waals surface area contributed by atoms with Crippen molar-refractivity contribution in [2.24, 2.45) is 0 Å².